The van der Waals surface area contributed by atoms with Gasteiger partial charge in [0.1, 0.15) is 11.1 Å². The monoisotopic (exact) mass is 378 g/mol. The molecule has 0 aliphatic carbocycles. The SMILES string of the molecule is CNC1CCN(C(=O)c2c(C)c3cc(Br)ccc3oc2=O)CC1. The van der Waals surface area contributed by atoms with Gasteiger partial charge >= 0.3 is 5.63 Å². The van der Waals surface area contributed by atoms with Gasteiger partial charge in [-0.2, -0.15) is 0 Å². The van der Waals surface area contributed by atoms with Crippen LogP contribution >= 0.6 is 15.9 Å². The molecule has 1 N–H and O–H groups in total. The molecular weight excluding hydrogens is 360 g/mol. The zero-order valence-electron chi connectivity index (χ0n) is 13.2. The summed E-state index contributed by atoms with van der Waals surface area (Å²) in [6.07, 6.45) is 1.79. The lowest BCUT2D eigenvalue weighted by molar-refractivity contribution is 0.0702. The van der Waals surface area contributed by atoms with Gasteiger partial charge in [0, 0.05) is 29.0 Å². The Morgan fingerprint density at radius 2 is 2.04 bits per heavy atom. The van der Waals surface area contributed by atoms with Gasteiger partial charge in [0.2, 0.25) is 0 Å². The zero-order valence-corrected chi connectivity index (χ0v) is 14.8. The number of amides is 1. The van der Waals surface area contributed by atoms with E-state index in [1.54, 1.807) is 17.9 Å². The molecule has 122 valence electrons. The Morgan fingerprint density at radius 3 is 2.70 bits per heavy atom. The second-order valence-electron chi connectivity index (χ2n) is 5.89. The summed E-state index contributed by atoms with van der Waals surface area (Å²) in [7, 11) is 1.93. The molecule has 23 heavy (non-hydrogen) atoms. The lowest BCUT2D eigenvalue weighted by Gasteiger charge is -2.31. The highest BCUT2D eigenvalue weighted by Crippen LogP contribution is 2.24. The van der Waals surface area contributed by atoms with Crippen molar-refractivity contribution in [1.82, 2.24) is 10.2 Å². The van der Waals surface area contributed by atoms with Crippen LogP contribution in [0.2, 0.25) is 0 Å². The summed E-state index contributed by atoms with van der Waals surface area (Å²) in [6, 6.07) is 5.86. The first kappa shape index (κ1) is 16.2. The third kappa shape index (κ3) is 3.05. The van der Waals surface area contributed by atoms with Crippen LogP contribution < -0.4 is 10.9 Å². The molecule has 1 saturated heterocycles. The Hall–Kier alpha value is -1.66. The second kappa shape index (κ2) is 6.45. The Labute approximate surface area is 142 Å². The summed E-state index contributed by atoms with van der Waals surface area (Å²) in [5.41, 5.74) is 0.774. The van der Waals surface area contributed by atoms with Gasteiger partial charge in [0.15, 0.2) is 0 Å². The molecule has 0 atom stereocenters. The fourth-order valence-corrected chi connectivity index (χ4v) is 3.46. The number of benzene rings is 1. The van der Waals surface area contributed by atoms with Crippen LogP contribution in [0.3, 0.4) is 0 Å². The van der Waals surface area contributed by atoms with E-state index < -0.39 is 5.63 Å². The summed E-state index contributed by atoms with van der Waals surface area (Å²) in [5, 5.41) is 4.02. The number of nitrogens with one attached hydrogen (secondary N) is 1. The number of rotatable bonds is 2. The molecule has 0 saturated carbocycles. The standard InChI is InChI=1S/C17H19BrN2O3/c1-10-13-9-11(18)3-4-14(13)23-17(22)15(10)16(21)20-7-5-12(19-2)6-8-20/h3-4,9,12,19H,5-8H2,1-2H3. The molecule has 1 amide bonds. The first-order chi connectivity index (χ1) is 11.0. The number of hydrogen-bond acceptors (Lipinski definition) is 4. The summed E-state index contributed by atoms with van der Waals surface area (Å²) >= 11 is 3.42. The first-order valence-electron chi connectivity index (χ1n) is 7.70. The van der Waals surface area contributed by atoms with Crippen molar-refractivity contribution in [3.05, 3.63) is 44.2 Å². The molecular formula is C17H19BrN2O3. The number of halogens is 1. The van der Waals surface area contributed by atoms with Crippen LogP contribution in [0.1, 0.15) is 28.8 Å². The van der Waals surface area contributed by atoms with Gasteiger partial charge < -0.3 is 14.6 Å². The smallest absolute Gasteiger partial charge is 0.349 e. The molecule has 0 bridgehead atoms. The zero-order chi connectivity index (χ0) is 16.6. The van der Waals surface area contributed by atoms with Crippen molar-refractivity contribution >= 4 is 32.8 Å². The normalized spacial score (nSPS) is 16.0. The highest BCUT2D eigenvalue weighted by Gasteiger charge is 2.27. The Balaban J connectivity index is 1.99. The van der Waals surface area contributed by atoms with E-state index in [0.717, 1.165) is 22.7 Å². The molecule has 2 aromatic rings. The minimum atomic E-state index is -0.557. The van der Waals surface area contributed by atoms with E-state index in [0.29, 0.717) is 30.3 Å². The summed E-state index contributed by atoms with van der Waals surface area (Å²) in [5.74, 6) is -0.229. The van der Waals surface area contributed by atoms with Gasteiger partial charge in [0.05, 0.1) is 0 Å². The van der Waals surface area contributed by atoms with Crippen molar-refractivity contribution in [1.29, 1.82) is 0 Å². The number of likely N-dealkylation sites (tertiary alicyclic amines) is 1. The van der Waals surface area contributed by atoms with Crippen molar-refractivity contribution in [3.63, 3.8) is 0 Å². The van der Waals surface area contributed by atoms with E-state index in [2.05, 4.69) is 21.2 Å². The van der Waals surface area contributed by atoms with Gasteiger partial charge in [-0.15, -0.1) is 0 Å². The Kier molecular flexibility index (Phi) is 4.55. The number of hydrogen-bond donors (Lipinski definition) is 1. The van der Waals surface area contributed by atoms with Crippen LogP contribution in [0.4, 0.5) is 0 Å². The van der Waals surface area contributed by atoms with Crippen LogP contribution in [0, 0.1) is 6.92 Å². The summed E-state index contributed by atoms with van der Waals surface area (Å²) in [4.78, 5) is 26.9. The molecule has 1 aliphatic rings. The van der Waals surface area contributed by atoms with E-state index in [4.69, 9.17) is 4.42 Å². The van der Waals surface area contributed by atoms with Crippen LogP contribution in [-0.2, 0) is 0 Å². The van der Waals surface area contributed by atoms with Crippen LogP contribution in [0.5, 0.6) is 0 Å². The number of carbonyl (C=O) groups excluding carboxylic acids is 1. The number of carbonyl (C=O) groups is 1. The average molecular weight is 379 g/mol. The van der Waals surface area contributed by atoms with Gasteiger partial charge in [-0.25, -0.2) is 4.79 Å². The number of nitrogens with zero attached hydrogens (tertiary/aromatic N) is 1. The molecule has 3 rings (SSSR count). The fraction of sp³-hybridized carbons (Fsp3) is 0.412. The minimum Gasteiger partial charge on any atom is -0.422 e. The molecule has 5 nitrogen and oxygen atoms in total. The molecule has 0 unspecified atom stereocenters. The van der Waals surface area contributed by atoms with Crippen LogP contribution in [-0.4, -0.2) is 37.0 Å². The van der Waals surface area contributed by atoms with E-state index in [1.165, 1.54) is 0 Å². The predicted molar refractivity (Wildman–Crippen MR) is 92.9 cm³/mol. The first-order valence-corrected chi connectivity index (χ1v) is 8.50. The largest absolute Gasteiger partial charge is 0.422 e. The molecule has 6 heteroatoms. The van der Waals surface area contributed by atoms with E-state index in [-0.39, 0.29) is 11.5 Å². The van der Waals surface area contributed by atoms with Crippen molar-refractivity contribution in [3.8, 4) is 0 Å². The average Bonchev–Trinajstić information content (AvgIpc) is 2.55. The highest BCUT2D eigenvalue weighted by molar-refractivity contribution is 9.10. The summed E-state index contributed by atoms with van der Waals surface area (Å²) in [6.45, 7) is 3.11. The van der Waals surface area contributed by atoms with Crippen molar-refractivity contribution in [2.24, 2.45) is 0 Å². The van der Waals surface area contributed by atoms with Crippen molar-refractivity contribution in [2.45, 2.75) is 25.8 Å². The topological polar surface area (TPSA) is 62.6 Å². The molecule has 2 heterocycles. The van der Waals surface area contributed by atoms with E-state index in [9.17, 15) is 9.59 Å². The van der Waals surface area contributed by atoms with Crippen LogP contribution in [0.15, 0.2) is 31.9 Å². The van der Waals surface area contributed by atoms with Gasteiger partial charge in [-0.1, -0.05) is 15.9 Å². The van der Waals surface area contributed by atoms with Gasteiger partial charge in [-0.3, -0.25) is 4.79 Å². The maximum atomic E-state index is 12.8. The quantitative estimate of drug-likeness (QED) is 0.816. The fourth-order valence-electron chi connectivity index (χ4n) is 3.10. The Morgan fingerprint density at radius 1 is 1.35 bits per heavy atom. The predicted octanol–water partition coefficient (Wildman–Crippen LogP) is 2.69. The number of piperidine rings is 1. The number of fused-ring (bicyclic) bond motifs is 1. The van der Waals surface area contributed by atoms with Crippen LogP contribution in [0.25, 0.3) is 11.0 Å². The van der Waals surface area contributed by atoms with Crippen molar-refractivity contribution < 1.29 is 9.21 Å². The van der Waals surface area contributed by atoms with Gasteiger partial charge in [0.25, 0.3) is 5.91 Å². The van der Waals surface area contributed by atoms with Gasteiger partial charge in [-0.05, 0) is 50.6 Å². The lowest BCUT2D eigenvalue weighted by Crippen LogP contribution is -2.45. The summed E-state index contributed by atoms with van der Waals surface area (Å²) < 4.78 is 6.23. The highest BCUT2D eigenvalue weighted by atomic mass is 79.9. The van der Waals surface area contributed by atoms with Crippen molar-refractivity contribution in [2.75, 3.05) is 20.1 Å². The molecule has 1 aromatic heterocycles. The maximum absolute atomic E-state index is 12.8. The van der Waals surface area contributed by atoms with E-state index in [1.807, 2.05) is 19.2 Å². The number of aryl methyl sites for hydroxylation is 1. The minimum absolute atomic E-state index is 0.151. The third-order valence-electron chi connectivity index (χ3n) is 4.53. The third-order valence-corrected chi connectivity index (χ3v) is 5.02. The second-order valence-corrected chi connectivity index (χ2v) is 6.80. The molecule has 1 aromatic carbocycles. The molecule has 0 radical (unpaired) electrons. The lowest BCUT2D eigenvalue weighted by atomic mass is 10.0. The molecule has 1 fully saturated rings. The molecule has 1 aliphatic heterocycles. The Bertz CT molecular complexity index is 807. The maximum Gasteiger partial charge on any atom is 0.349 e. The van der Waals surface area contributed by atoms with E-state index >= 15 is 0 Å². The molecule has 0 spiro atoms.